The van der Waals surface area contributed by atoms with Crippen LogP contribution in [0.3, 0.4) is 0 Å². The van der Waals surface area contributed by atoms with Crippen molar-refractivity contribution in [2.75, 3.05) is 5.73 Å². The van der Waals surface area contributed by atoms with E-state index in [-0.39, 0.29) is 5.41 Å². The Morgan fingerprint density at radius 1 is 0.931 bits per heavy atom. The number of rotatable bonds is 4. The maximum Gasteiger partial charge on any atom is 0.249 e. The first kappa shape index (κ1) is 18.9. The van der Waals surface area contributed by atoms with E-state index >= 15 is 0 Å². The van der Waals surface area contributed by atoms with Gasteiger partial charge in [-0.15, -0.1) is 10.2 Å². The maximum atomic E-state index is 6.41. The third-order valence-electron chi connectivity index (χ3n) is 4.29. The first-order valence-electron chi connectivity index (χ1n) is 9.19. The van der Waals surface area contributed by atoms with Gasteiger partial charge in [0.2, 0.25) is 5.13 Å². The molecule has 0 aliphatic carbocycles. The van der Waals surface area contributed by atoms with Crippen molar-refractivity contribution in [1.82, 2.24) is 19.1 Å². The number of nitrogen functional groups attached to an aromatic ring is 1. The van der Waals surface area contributed by atoms with Crippen LogP contribution in [0.25, 0.3) is 17.1 Å². The summed E-state index contributed by atoms with van der Waals surface area (Å²) in [6, 6.07) is 19.5. The molecule has 2 aromatic carbocycles. The predicted molar refractivity (Wildman–Crippen MR) is 116 cm³/mol. The Balaban J connectivity index is 1.71. The molecule has 0 spiro atoms. The Labute approximate surface area is 173 Å². The van der Waals surface area contributed by atoms with E-state index in [1.54, 1.807) is 4.68 Å². The molecular weight excluding hydrogens is 382 g/mol. The van der Waals surface area contributed by atoms with Crippen molar-refractivity contribution in [3.05, 3.63) is 66.4 Å². The summed E-state index contributed by atoms with van der Waals surface area (Å²) >= 11 is 1.20. The predicted octanol–water partition coefficient (Wildman–Crippen LogP) is 5.69. The van der Waals surface area contributed by atoms with Crippen LogP contribution in [0.1, 0.15) is 26.5 Å². The lowest BCUT2D eigenvalue weighted by Crippen LogP contribution is -2.13. The second kappa shape index (κ2) is 7.56. The lowest BCUT2D eigenvalue weighted by Gasteiger charge is -2.15. The van der Waals surface area contributed by atoms with Crippen LogP contribution in [0, 0.1) is 0 Å². The van der Waals surface area contributed by atoms with Gasteiger partial charge in [0, 0.05) is 22.5 Å². The topological polar surface area (TPSA) is 94.3 Å². The zero-order valence-electron chi connectivity index (χ0n) is 16.4. The molecule has 4 aromatic rings. The molecule has 0 aliphatic rings. The van der Waals surface area contributed by atoms with Gasteiger partial charge in [0.1, 0.15) is 0 Å². The number of hydrogen-bond donors (Lipinski definition) is 1. The lowest BCUT2D eigenvalue weighted by atomic mass is 9.91. The van der Waals surface area contributed by atoms with Crippen molar-refractivity contribution in [2.24, 2.45) is 10.2 Å². The lowest BCUT2D eigenvalue weighted by molar-refractivity contribution is 0.561. The molecule has 7 nitrogen and oxygen atoms in total. The van der Waals surface area contributed by atoms with Crippen molar-refractivity contribution in [1.29, 1.82) is 0 Å². The molecule has 0 aliphatic heterocycles. The van der Waals surface area contributed by atoms with E-state index in [9.17, 15) is 0 Å². The number of anilines is 1. The van der Waals surface area contributed by atoms with Crippen LogP contribution >= 0.6 is 11.5 Å². The normalized spacial score (nSPS) is 12.0. The first-order valence-corrected chi connectivity index (χ1v) is 9.96. The molecule has 0 atom stereocenters. The molecular formula is C21H21N7S. The number of hydrogen-bond acceptors (Lipinski definition) is 7. The zero-order valence-corrected chi connectivity index (χ0v) is 17.3. The second-order valence-corrected chi connectivity index (χ2v) is 8.28. The van der Waals surface area contributed by atoms with Crippen LogP contribution in [0.5, 0.6) is 0 Å². The summed E-state index contributed by atoms with van der Waals surface area (Å²) in [5.74, 6) is 1.08. The van der Waals surface area contributed by atoms with Gasteiger partial charge < -0.3 is 5.73 Å². The summed E-state index contributed by atoms with van der Waals surface area (Å²) in [5.41, 5.74) is 9.30. The number of benzene rings is 2. The summed E-state index contributed by atoms with van der Waals surface area (Å²) in [4.78, 5) is 4.46. The zero-order chi connectivity index (χ0) is 20.4. The van der Waals surface area contributed by atoms with Gasteiger partial charge in [-0.05, 0) is 12.1 Å². The second-order valence-electron chi connectivity index (χ2n) is 7.55. The van der Waals surface area contributed by atoms with E-state index in [2.05, 4.69) is 40.4 Å². The van der Waals surface area contributed by atoms with E-state index in [1.165, 1.54) is 11.5 Å². The average Bonchev–Trinajstić information content (AvgIpc) is 3.32. The fourth-order valence-corrected chi connectivity index (χ4v) is 3.36. The molecule has 0 bridgehead atoms. The molecule has 0 unspecified atom stereocenters. The molecule has 0 amide bonds. The average molecular weight is 404 g/mol. The van der Waals surface area contributed by atoms with Crippen LogP contribution < -0.4 is 5.73 Å². The van der Waals surface area contributed by atoms with Gasteiger partial charge >= 0.3 is 0 Å². The molecule has 0 saturated carbocycles. The number of azo groups is 1. The van der Waals surface area contributed by atoms with Crippen LogP contribution in [0.4, 0.5) is 16.6 Å². The Morgan fingerprint density at radius 3 is 2.24 bits per heavy atom. The number of aromatic nitrogens is 4. The smallest absolute Gasteiger partial charge is 0.249 e. The Hall–Kier alpha value is -3.39. The summed E-state index contributed by atoms with van der Waals surface area (Å²) in [6.45, 7) is 6.21. The molecule has 29 heavy (non-hydrogen) atoms. The van der Waals surface area contributed by atoms with Crippen LogP contribution in [-0.4, -0.2) is 19.1 Å². The van der Waals surface area contributed by atoms with Gasteiger partial charge in [-0.25, -0.2) is 4.68 Å². The Kier molecular flexibility index (Phi) is 4.94. The van der Waals surface area contributed by atoms with Gasteiger partial charge in [0.15, 0.2) is 17.3 Å². The molecule has 0 fully saturated rings. The fraction of sp³-hybridized carbons (Fsp3) is 0.190. The van der Waals surface area contributed by atoms with Crippen molar-refractivity contribution < 1.29 is 0 Å². The van der Waals surface area contributed by atoms with Crippen molar-refractivity contribution in [3.63, 3.8) is 0 Å². The summed E-state index contributed by atoms with van der Waals surface area (Å²) in [6.07, 6.45) is 0. The third kappa shape index (κ3) is 3.93. The largest absolute Gasteiger partial charge is 0.382 e. The molecule has 2 N–H and O–H groups in total. The van der Waals surface area contributed by atoms with Gasteiger partial charge in [0.05, 0.1) is 11.4 Å². The van der Waals surface area contributed by atoms with E-state index in [1.807, 2.05) is 60.7 Å². The van der Waals surface area contributed by atoms with Gasteiger partial charge in [-0.1, -0.05) is 69.3 Å². The maximum absolute atomic E-state index is 6.41. The third-order valence-corrected chi connectivity index (χ3v) is 4.89. The van der Waals surface area contributed by atoms with Crippen molar-refractivity contribution >= 4 is 28.2 Å². The number of nitrogens with zero attached hydrogens (tertiary/aromatic N) is 6. The van der Waals surface area contributed by atoms with Crippen LogP contribution in [-0.2, 0) is 5.41 Å². The highest BCUT2D eigenvalue weighted by Gasteiger charge is 2.26. The molecule has 4 rings (SSSR count). The highest BCUT2D eigenvalue weighted by molar-refractivity contribution is 7.09. The summed E-state index contributed by atoms with van der Waals surface area (Å²) < 4.78 is 6.07. The highest BCUT2D eigenvalue weighted by atomic mass is 32.1. The van der Waals surface area contributed by atoms with E-state index in [0.717, 1.165) is 16.9 Å². The molecule has 0 saturated heterocycles. The monoisotopic (exact) mass is 403 g/mol. The quantitative estimate of drug-likeness (QED) is 0.443. The number of para-hydroxylation sites is 1. The van der Waals surface area contributed by atoms with Crippen LogP contribution in [0.2, 0.25) is 0 Å². The Bertz CT molecular complexity index is 1140. The number of nitrogens with two attached hydrogens (primary N) is 1. The summed E-state index contributed by atoms with van der Waals surface area (Å²) in [5, 5.41) is 13.9. The highest BCUT2D eigenvalue weighted by Crippen LogP contribution is 2.38. The molecule has 0 radical (unpaired) electrons. The minimum absolute atomic E-state index is 0.251. The van der Waals surface area contributed by atoms with E-state index in [0.29, 0.717) is 22.5 Å². The standard InChI is InChI=1S/C21H21N7S/c1-21(2,3)17-16(18(22)28(26-17)15-12-8-5-9-13-15)24-25-20-23-19(27-29-20)14-10-6-4-7-11-14/h4-13H,22H2,1-3H3. The van der Waals surface area contributed by atoms with E-state index < -0.39 is 0 Å². The molecule has 8 heteroatoms. The molecule has 2 heterocycles. The minimum Gasteiger partial charge on any atom is -0.382 e. The van der Waals surface area contributed by atoms with Crippen LogP contribution in [0.15, 0.2) is 70.9 Å². The van der Waals surface area contributed by atoms with Crippen molar-refractivity contribution in [2.45, 2.75) is 26.2 Å². The van der Waals surface area contributed by atoms with Gasteiger partial charge in [-0.2, -0.15) is 14.5 Å². The minimum atomic E-state index is -0.251. The van der Waals surface area contributed by atoms with Gasteiger partial charge in [0.25, 0.3) is 0 Å². The van der Waals surface area contributed by atoms with Gasteiger partial charge in [-0.3, -0.25) is 0 Å². The first-order chi connectivity index (χ1) is 13.9. The molecule has 146 valence electrons. The van der Waals surface area contributed by atoms with E-state index in [4.69, 9.17) is 10.8 Å². The SMILES string of the molecule is CC(C)(C)c1nn(-c2ccccc2)c(N)c1N=Nc1nc(-c2ccccc2)ns1. The fourth-order valence-electron chi connectivity index (χ4n) is 2.85. The Morgan fingerprint density at radius 2 is 1.59 bits per heavy atom. The van der Waals surface area contributed by atoms with Crippen molar-refractivity contribution in [3.8, 4) is 17.1 Å². The summed E-state index contributed by atoms with van der Waals surface area (Å²) in [7, 11) is 0. The molecule has 2 aromatic heterocycles.